The summed E-state index contributed by atoms with van der Waals surface area (Å²) in [5, 5.41) is 12.3. The Morgan fingerprint density at radius 1 is 1.18 bits per heavy atom. The fraction of sp³-hybridized carbons (Fsp3) is 0.312. The molecule has 2 rings (SSSR count). The van der Waals surface area contributed by atoms with Crippen LogP contribution in [0.2, 0.25) is 0 Å². The molecule has 1 amide bonds. The van der Waals surface area contributed by atoms with Crippen molar-refractivity contribution in [2.75, 3.05) is 26.4 Å². The van der Waals surface area contributed by atoms with Crippen LogP contribution in [0.25, 0.3) is 0 Å². The Hall–Kier alpha value is -2.31. The number of benzene rings is 1. The van der Waals surface area contributed by atoms with Crippen molar-refractivity contribution in [2.24, 2.45) is 0 Å². The van der Waals surface area contributed by atoms with Crippen molar-refractivity contribution >= 4 is 5.91 Å². The van der Waals surface area contributed by atoms with Gasteiger partial charge in [-0.25, -0.2) is 0 Å². The van der Waals surface area contributed by atoms with E-state index in [0.29, 0.717) is 19.0 Å². The van der Waals surface area contributed by atoms with Crippen molar-refractivity contribution in [3.05, 3.63) is 54.5 Å². The number of hydrogen-bond acceptors (Lipinski definition) is 5. The number of para-hydroxylation sites is 1. The quantitative estimate of drug-likeness (QED) is 0.687. The molecule has 22 heavy (non-hydrogen) atoms. The zero-order chi connectivity index (χ0) is 15.6. The minimum Gasteiger partial charge on any atom is -0.491 e. The van der Waals surface area contributed by atoms with Gasteiger partial charge in [0.05, 0.1) is 19.4 Å². The average molecular weight is 305 g/mol. The van der Waals surface area contributed by atoms with Crippen LogP contribution in [0.1, 0.15) is 11.9 Å². The number of nitrogens with one attached hydrogen (secondary N) is 1. The summed E-state index contributed by atoms with van der Waals surface area (Å²) in [5.74, 6) is 0.875. The summed E-state index contributed by atoms with van der Waals surface area (Å²) in [4.78, 5) is 11.5. The second-order valence-corrected chi connectivity index (χ2v) is 4.55. The molecule has 2 aromatic rings. The summed E-state index contributed by atoms with van der Waals surface area (Å²) < 4.78 is 15.7. The van der Waals surface area contributed by atoms with E-state index in [0.717, 1.165) is 5.75 Å². The highest BCUT2D eigenvalue weighted by Gasteiger charge is 2.11. The number of carbonyl (C=O) groups excluding carboxylic acids is 1. The van der Waals surface area contributed by atoms with Crippen LogP contribution in [0.5, 0.6) is 5.75 Å². The minimum atomic E-state index is -0.861. The summed E-state index contributed by atoms with van der Waals surface area (Å²) in [6.07, 6.45) is 0.608. The fourth-order valence-corrected chi connectivity index (χ4v) is 1.74. The SMILES string of the molecule is O=C(COCCOc1ccccc1)NCC(O)c1ccco1. The molecule has 1 aromatic heterocycles. The number of furan rings is 1. The third kappa shape index (κ3) is 5.59. The predicted octanol–water partition coefficient (Wildman–Crippen LogP) is 1.52. The molecule has 118 valence electrons. The van der Waals surface area contributed by atoms with Gasteiger partial charge < -0.3 is 24.3 Å². The van der Waals surface area contributed by atoms with E-state index in [4.69, 9.17) is 13.9 Å². The molecule has 1 atom stereocenters. The molecule has 0 saturated carbocycles. The number of ether oxygens (including phenoxy) is 2. The molecule has 0 bridgehead atoms. The molecule has 1 heterocycles. The Morgan fingerprint density at radius 2 is 2.00 bits per heavy atom. The van der Waals surface area contributed by atoms with Gasteiger partial charge in [0.1, 0.15) is 30.8 Å². The molecule has 6 heteroatoms. The topological polar surface area (TPSA) is 80.9 Å². The maximum absolute atomic E-state index is 11.5. The van der Waals surface area contributed by atoms with E-state index in [2.05, 4.69) is 5.32 Å². The Labute approximate surface area is 128 Å². The monoisotopic (exact) mass is 305 g/mol. The zero-order valence-corrected chi connectivity index (χ0v) is 12.1. The van der Waals surface area contributed by atoms with Crippen molar-refractivity contribution in [1.29, 1.82) is 0 Å². The van der Waals surface area contributed by atoms with Crippen molar-refractivity contribution in [3.63, 3.8) is 0 Å². The Balaban J connectivity index is 1.52. The molecule has 0 aliphatic carbocycles. The predicted molar refractivity (Wildman–Crippen MR) is 79.4 cm³/mol. The number of hydrogen-bond donors (Lipinski definition) is 2. The van der Waals surface area contributed by atoms with Crippen molar-refractivity contribution in [1.82, 2.24) is 5.32 Å². The van der Waals surface area contributed by atoms with Crippen LogP contribution in [0, 0.1) is 0 Å². The molecule has 0 fully saturated rings. The highest BCUT2D eigenvalue weighted by atomic mass is 16.5. The molecule has 0 saturated heterocycles. The van der Waals surface area contributed by atoms with Crippen LogP contribution in [0.3, 0.4) is 0 Å². The first-order valence-electron chi connectivity index (χ1n) is 6.99. The summed E-state index contributed by atoms with van der Waals surface area (Å²) >= 11 is 0. The van der Waals surface area contributed by atoms with Gasteiger partial charge in [-0.2, -0.15) is 0 Å². The maximum atomic E-state index is 11.5. The average Bonchev–Trinajstić information content (AvgIpc) is 3.08. The first-order valence-corrected chi connectivity index (χ1v) is 6.99. The summed E-state index contributed by atoms with van der Waals surface area (Å²) in [5.41, 5.74) is 0. The lowest BCUT2D eigenvalue weighted by atomic mass is 10.3. The van der Waals surface area contributed by atoms with Gasteiger partial charge in [0.2, 0.25) is 5.91 Å². The van der Waals surface area contributed by atoms with Gasteiger partial charge >= 0.3 is 0 Å². The van der Waals surface area contributed by atoms with E-state index < -0.39 is 6.10 Å². The second-order valence-electron chi connectivity index (χ2n) is 4.55. The van der Waals surface area contributed by atoms with Gasteiger partial charge in [-0.15, -0.1) is 0 Å². The molecule has 0 spiro atoms. The van der Waals surface area contributed by atoms with Crippen molar-refractivity contribution in [3.8, 4) is 5.75 Å². The third-order valence-electron chi connectivity index (χ3n) is 2.84. The van der Waals surface area contributed by atoms with Crippen LogP contribution in [0.4, 0.5) is 0 Å². The molecule has 0 aliphatic heterocycles. The van der Waals surface area contributed by atoms with E-state index in [-0.39, 0.29) is 19.1 Å². The Morgan fingerprint density at radius 3 is 2.73 bits per heavy atom. The van der Waals surface area contributed by atoms with Crippen LogP contribution in [0.15, 0.2) is 53.1 Å². The zero-order valence-electron chi connectivity index (χ0n) is 12.1. The van der Waals surface area contributed by atoms with Crippen molar-refractivity contribution in [2.45, 2.75) is 6.10 Å². The summed E-state index contributed by atoms with van der Waals surface area (Å²) in [6.45, 7) is 0.675. The van der Waals surface area contributed by atoms with E-state index in [1.54, 1.807) is 12.1 Å². The van der Waals surface area contributed by atoms with Gasteiger partial charge in [-0.1, -0.05) is 18.2 Å². The fourth-order valence-electron chi connectivity index (χ4n) is 1.74. The lowest BCUT2D eigenvalue weighted by Crippen LogP contribution is -2.31. The number of carbonyl (C=O) groups is 1. The molecular formula is C16H19NO5. The van der Waals surface area contributed by atoms with E-state index in [1.165, 1.54) is 6.26 Å². The lowest BCUT2D eigenvalue weighted by Gasteiger charge is -2.10. The second kappa shape index (κ2) is 8.86. The Bertz CT molecular complexity index is 541. The van der Waals surface area contributed by atoms with Gasteiger partial charge in [0.25, 0.3) is 0 Å². The number of rotatable bonds is 9. The third-order valence-corrected chi connectivity index (χ3v) is 2.84. The van der Waals surface area contributed by atoms with Crippen molar-refractivity contribution < 1.29 is 23.8 Å². The summed E-state index contributed by atoms with van der Waals surface area (Å²) in [6, 6.07) is 12.7. The highest BCUT2D eigenvalue weighted by molar-refractivity contribution is 5.77. The van der Waals surface area contributed by atoms with Gasteiger partial charge in [-0.05, 0) is 24.3 Å². The number of aliphatic hydroxyl groups is 1. The molecule has 0 radical (unpaired) electrons. The van der Waals surface area contributed by atoms with E-state index in [9.17, 15) is 9.90 Å². The van der Waals surface area contributed by atoms with Crippen LogP contribution < -0.4 is 10.1 Å². The van der Waals surface area contributed by atoms with Gasteiger partial charge in [0.15, 0.2) is 0 Å². The first kappa shape index (κ1) is 16.1. The molecule has 2 N–H and O–H groups in total. The Kier molecular flexibility index (Phi) is 6.47. The van der Waals surface area contributed by atoms with Crippen LogP contribution in [-0.4, -0.2) is 37.4 Å². The smallest absolute Gasteiger partial charge is 0.246 e. The highest BCUT2D eigenvalue weighted by Crippen LogP contribution is 2.11. The minimum absolute atomic E-state index is 0.0796. The largest absolute Gasteiger partial charge is 0.491 e. The first-order chi connectivity index (χ1) is 10.8. The van der Waals surface area contributed by atoms with E-state index >= 15 is 0 Å². The normalized spacial score (nSPS) is 11.9. The molecule has 6 nitrogen and oxygen atoms in total. The molecular weight excluding hydrogens is 286 g/mol. The lowest BCUT2D eigenvalue weighted by molar-refractivity contribution is -0.126. The van der Waals surface area contributed by atoms with Crippen LogP contribution >= 0.6 is 0 Å². The summed E-state index contributed by atoms with van der Waals surface area (Å²) in [7, 11) is 0. The number of amides is 1. The molecule has 1 aromatic carbocycles. The van der Waals surface area contributed by atoms with E-state index in [1.807, 2.05) is 30.3 Å². The molecule has 1 unspecified atom stereocenters. The maximum Gasteiger partial charge on any atom is 0.246 e. The van der Waals surface area contributed by atoms with Crippen LogP contribution in [-0.2, 0) is 9.53 Å². The molecule has 0 aliphatic rings. The standard InChI is InChI=1S/C16H19NO5/c18-14(15-7-4-8-22-15)11-17-16(19)12-20-9-10-21-13-5-2-1-3-6-13/h1-8,14,18H,9-12H2,(H,17,19). The van der Waals surface area contributed by atoms with Gasteiger partial charge in [-0.3, -0.25) is 4.79 Å². The van der Waals surface area contributed by atoms with Gasteiger partial charge in [0, 0.05) is 0 Å². The number of aliphatic hydroxyl groups excluding tert-OH is 1.